The van der Waals surface area contributed by atoms with Crippen LogP contribution in [0, 0.1) is 11.7 Å². The molecular formula is C19H20Cl2FN3O3. The Morgan fingerprint density at radius 3 is 3.00 bits per heavy atom. The highest BCUT2D eigenvalue weighted by Crippen LogP contribution is 2.29. The number of aromatic nitrogens is 1. The molecule has 2 N–H and O–H groups in total. The van der Waals surface area contributed by atoms with Gasteiger partial charge in [-0.15, -0.1) is 0 Å². The van der Waals surface area contributed by atoms with E-state index in [0.29, 0.717) is 36.8 Å². The minimum atomic E-state index is -0.497. The number of hydrogen-bond donors (Lipinski definition) is 2. The number of hydrogen-bond acceptors (Lipinski definition) is 5. The van der Waals surface area contributed by atoms with Gasteiger partial charge in [-0.3, -0.25) is 4.79 Å². The average Bonchev–Trinajstić information content (AvgIpc) is 2.93. The second-order valence-corrected chi connectivity index (χ2v) is 7.13. The maximum absolute atomic E-state index is 13.9. The van der Waals surface area contributed by atoms with Crippen LogP contribution in [0.1, 0.15) is 11.7 Å². The van der Waals surface area contributed by atoms with Gasteiger partial charge in [0.1, 0.15) is 10.8 Å². The normalized spacial score (nSPS) is 19.7. The van der Waals surface area contributed by atoms with E-state index in [-0.39, 0.29) is 35.4 Å². The van der Waals surface area contributed by atoms with Crippen LogP contribution in [0.5, 0.6) is 5.88 Å². The second-order valence-electron chi connectivity index (χ2n) is 6.31. The first-order chi connectivity index (χ1) is 13.5. The van der Waals surface area contributed by atoms with E-state index in [0.717, 1.165) is 0 Å². The summed E-state index contributed by atoms with van der Waals surface area (Å²) in [4.78, 5) is 16.1. The van der Waals surface area contributed by atoms with Gasteiger partial charge in [-0.05, 0) is 29.8 Å². The molecule has 1 fully saturated rings. The van der Waals surface area contributed by atoms with Crippen molar-refractivity contribution in [3.8, 4) is 5.88 Å². The zero-order valence-electron chi connectivity index (χ0n) is 15.0. The van der Waals surface area contributed by atoms with Gasteiger partial charge < -0.3 is 20.1 Å². The van der Waals surface area contributed by atoms with Gasteiger partial charge in [0, 0.05) is 31.7 Å². The van der Waals surface area contributed by atoms with Gasteiger partial charge in [-0.2, -0.15) is 0 Å². The van der Waals surface area contributed by atoms with E-state index >= 15 is 0 Å². The molecular weight excluding hydrogens is 408 g/mol. The molecule has 1 aromatic carbocycles. The lowest BCUT2D eigenvalue weighted by Gasteiger charge is -2.25. The number of ether oxygens (including phenoxy) is 2. The van der Waals surface area contributed by atoms with Crippen LogP contribution >= 0.6 is 23.2 Å². The Balaban J connectivity index is 1.59. The molecule has 0 bridgehead atoms. The van der Waals surface area contributed by atoms with Crippen LogP contribution in [0.4, 0.5) is 4.39 Å². The summed E-state index contributed by atoms with van der Waals surface area (Å²) >= 11 is 11.7. The highest BCUT2D eigenvalue weighted by atomic mass is 35.5. The third-order valence-electron chi connectivity index (χ3n) is 4.31. The van der Waals surface area contributed by atoms with Crippen LogP contribution in [0.15, 0.2) is 36.5 Å². The van der Waals surface area contributed by atoms with Crippen molar-refractivity contribution in [1.82, 2.24) is 15.6 Å². The number of rotatable bonds is 6. The highest BCUT2D eigenvalue weighted by Gasteiger charge is 2.27. The van der Waals surface area contributed by atoms with E-state index in [1.165, 1.54) is 18.3 Å². The molecule has 150 valence electrons. The summed E-state index contributed by atoms with van der Waals surface area (Å²) in [6, 6.07) is 7.93. The summed E-state index contributed by atoms with van der Waals surface area (Å²) in [5.74, 6) is -0.700. The largest absolute Gasteiger partial charge is 0.467 e. The molecule has 2 aromatic rings. The lowest BCUT2D eigenvalue weighted by molar-refractivity contribution is -0.123. The number of nitrogens with one attached hydrogen (secondary N) is 2. The maximum Gasteiger partial charge on any atom is 0.258 e. The third kappa shape index (κ3) is 5.54. The Bertz CT molecular complexity index is 825. The topological polar surface area (TPSA) is 72.5 Å². The van der Waals surface area contributed by atoms with Gasteiger partial charge in [-0.25, -0.2) is 9.37 Å². The van der Waals surface area contributed by atoms with Crippen LogP contribution in [0.3, 0.4) is 0 Å². The molecule has 6 nitrogen and oxygen atoms in total. The minimum absolute atomic E-state index is 0.0608. The Kier molecular flexibility index (Phi) is 7.44. The summed E-state index contributed by atoms with van der Waals surface area (Å²) < 4.78 is 25.1. The Morgan fingerprint density at radius 1 is 1.36 bits per heavy atom. The van der Waals surface area contributed by atoms with Gasteiger partial charge in [0.25, 0.3) is 5.91 Å². The molecule has 9 heteroatoms. The van der Waals surface area contributed by atoms with E-state index in [1.54, 1.807) is 18.2 Å². The number of carbonyl (C=O) groups is 1. The molecule has 0 radical (unpaired) electrons. The summed E-state index contributed by atoms with van der Waals surface area (Å²) in [5.41, 5.74) is 0.682. The van der Waals surface area contributed by atoms with Gasteiger partial charge in [0.2, 0.25) is 5.88 Å². The van der Waals surface area contributed by atoms with Crippen LogP contribution in [0.2, 0.25) is 10.0 Å². The molecule has 3 rings (SSSR count). The SMILES string of the molecule is O=C(COc1ncccc1Cl)NCC1CNCCOC1c1ccc(Cl)c(F)c1. The van der Waals surface area contributed by atoms with E-state index < -0.39 is 5.82 Å². The van der Waals surface area contributed by atoms with Crippen LogP contribution in [-0.4, -0.2) is 43.7 Å². The van der Waals surface area contributed by atoms with Crippen molar-refractivity contribution in [3.05, 3.63) is 58.0 Å². The number of carbonyl (C=O) groups excluding carboxylic acids is 1. The van der Waals surface area contributed by atoms with E-state index in [2.05, 4.69) is 15.6 Å². The first-order valence-electron chi connectivity index (χ1n) is 8.82. The molecule has 1 aromatic heterocycles. The van der Waals surface area contributed by atoms with Crippen molar-refractivity contribution in [2.45, 2.75) is 6.10 Å². The number of benzene rings is 1. The molecule has 1 aliphatic rings. The van der Waals surface area contributed by atoms with Crippen molar-refractivity contribution < 1.29 is 18.7 Å². The molecule has 1 saturated heterocycles. The fourth-order valence-electron chi connectivity index (χ4n) is 2.93. The second kappa shape index (κ2) is 10.0. The number of halogens is 3. The summed E-state index contributed by atoms with van der Waals surface area (Å²) in [6.07, 6.45) is 1.16. The predicted octanol–water partition coefficient (Wildman–Crippen LogP) is 3.00. The molecule has 0 spiro atoms. The summed E-state index contributed by atoms with van der Waals surface area (Å²) in [7, 11) is 0. The average molecular weight is 428 g/mol. The fourth-order valence-corrected chi connectivity index (χ4v) is 3.23. The van der Waals surface area contributed by atoms with Crippen molar-refractivity contribution in [2.75, 3.05) is 32.8 Å². The molecule has 2 heterocycles. The van der Waals surface area contributed by atoms with Gasteiger partial charge in [-0.1, -0.05) is 29.3 Å². The van der Waals surface area contributed by atoms with Gasteiger partial charge in [0.05, 0.1) is 17.7 Å². The van der Waals surface area contributed by atoms with Crippen molar-refractivity contribution in [2.24, 2.45) is 5.92 Å². The smallest absolute Gasteiger partial charge is 0.258 e. The molecule has 1 amide bonds. The zero-order valence-corrected chi connectivity index (χ0v) is 16.5. The first-order valence-corrected chi connectivity index (χ1v) is 9.57. The fraction of sp³-hybridized carbons (Fsp3) is 0.368. The third-order valence-corrected chi connectivity index (χ3v) is 4.90. The molecule has 1 aliphatic heterocycles. The first kappa shape index (κ1) is 20.8. The van der Waals surface area contributed by atoms with E-state index in [1.807, 2.05) is 0 Å². The predicted molar refractivity (Wildman–Crippen MR) is 104 cm³/mol. The number of nitrogens with zero attached hydrogens (tertiary/aromatic N) is 1. The summed E-state index contributed by atoms with van der Waals surface area (Å²) in [6.45, 7) is 1.90. The van der Waals surface area contributed by atoms with Gasteiger partial charge in [0.15, 0.2) is 6.61 Å². The Labute approximate surface area is 172 Å². The van der Waals surface area contributed by atoms with Crippen LogP contribution in [0.25, 0.3) is 0 Å². The van der Waals surface area contributed by atoms with Crippen LogP contribution < -0.4 is 15.4 Å². The van der Waals surface area contributed by atoms with Crippen molar-refractivity contribution >= 4 is 29.1 Å². The minimum Gasteiger partial charge on any atom is -0.467 e. The lowest BCUT2D eigenvalue weighted by Crippen LogP contribution is -2.38. The Hall–Kier alpha value is -1.93. The maximum atomic E-state index is 13.9. The van der Waals surface area contributed by atoms with Gasteiger partial charge >= 0.3 is 0 Å². The quantitative estimate of drug-likeness (QED) is 0.741. The zero-order chi connectivity index (χ0) is 19.9. The molecule has 2 unspecified atom stereocenters. The number of pyridine rings is 1. The highest BCUT2D eigenvalue weighted by molar-refractivity contribution is 6.31. The lowest BCUT2D eigenvalue weighted by atomic mass is 9.95. The monoisotopic (exact) mass is 427 g/mol. The van der Waals surface area contributed by atoms with Crippen LogP contribution in [-0.2, 0) is 9.53 Å². The Morgan fingerprint density at radius 2 is 2.21 bits per heavy atom. The molecule has 0 aliphatic carbocycles. The molecule has 2 atom stereocenters. The van der Waals surface area contributed by atoms with Crippen molar-refractivity contribution in [1.29, 1.82) is 0 Å². The standard InChI is InChI=1S/C19H20Cl2FN3O3/c20-14-4-3-12(8-16(14)22)18-13(9-23-6-7-27-18)10-25-17(26)11-28-19-15(21)2-1-5-24-19/h1-5,8,13,18,23H,6-7,9-11H2,(H,25,26). The summed E-state index contributed by atoms with van der Waals surface area (Å²) in [5, 5.41) is 6.47. The number of amides is 1. The van der Waals surface area contributed by atoms with Crippen molar-refractivity contribution in [3.63, 3.8) is 0 Å². The van der Waals surface area contributed by atoms with E-state index in [9.17, 15) is 9.18 Å². The molecule has 28 heavy (non-hydrogen) atoms. The molecule has 0 saturated carbocycles. The van der Waals surface area contributed by atoms with E-state index in [4.69, 9.17) is 32.7 Å².